The number of amides is 1. The molecule has 4 rings (SSSR count). The van der Waals surface area contributed by atoms with E-state index in [2.05, 4.69) is 15.5 Å². The Hall–Kier alpha value is -3.54. The summed E-state index contributed by atoms with van der Waals surface area (Å²) in [7, 11) is 1.56. The Bertz CT molecular complexity index is 1020. The van der Waals surface area contributed by atoms with Crippen molar-refractivity contribution in [3.05, 3.63) is 88.7 Å². The number of ether oxygens (including phenoxy) is 1. The Kier molecular flexibility index (Phi) is 4.85. The van der Waals surface area contributed by atoms with E-state index in [1.807, 2.05) is 36.4 Å². The molecule has 2 heterocycles. The van der Waals surface area contributed by atoms with E-state index in [1.165, 1.54) is 0 Å². The number of hydrogen-bond acceptors (Lipinski definition) is 5. The Morgan fingerprint density at radius 1 is 1.14 bits per heavy atom. The standard InChI is InChI=1S/C22H19N3O3/c1-23-22(27)18-11-15(20(26)12-16-8-5-9-24-25-16)10-17-19(13-28-21(17)18)14-6-3-2-4-7-14/h2-11,19H,12-13H2,1H3,(H,23,27). The first-order chi connectivity index (χ1) is 13.7. The van der Waals surface area contributed by atoms with E-state index in [0.717, 1.165) is 11.1 Å². The molecule has 1 N–H and O–H groups in total. The van der Waals surface area contributed by atoms with E-state index >= 15 is 0 Å². The van der Waals surface area contributed by atoms with Crippen molar-refractivity contribution in [1.82, 2.24) is 15.5 Å². The molecule has 1 aromatic heterocycles. The number of nitrogens with zero attached hydrogens (tertiary/aromatic N) is 2. The molecular formula is C22H19N3O3. The van der Waals surface area contributed by atoms with Gasteiger partial charge in [0.05, 0.1) is 24.3 Å². The maximum absolute atomic E-state index is 12.9. The number of ketones is 1. The van der Waals surface area contributed by atoms with Gasteiger partial charge in [-0.05, 0) is 29.8 Å². The van der Waals surface area contributed by atoms with Crippen LogP contribution in [0.3, 0.4) is 0 Å². The van der Waals surface area contributed by atoms with Gasteiger partial charge in [0.2, 0.25) is 0 Å². The molecule has 0 spiro atoms. The maximum Gasteiger partial charge on any atom is 0.254 e. The van der Waals surface area contributed by atoms with Crippen molar-refractivity contribution in [1.29, 1.82) is 0 Å². The lowest BCUT2D eigenvalue weighted by atomic mass is 9.89. The minimum Gasteiger partial charge on any atom is -0.491 e. The molecule has 6 nitrogen and oxygen atoms in total. The molecule has 1 unspecified atom stereocenters. The first-order valence-electron chi connectivity index (χ1n) is 9.05. The van der Waals surface area contributed by atoms with Crippen molar-refractivity contribution in [3.63, 3.8) is 0 Å². The first kappa shape index (κ1) is 17.9. The van der Waals surface area contributed by atoms with Crippen molar-refractivity contribution in [3.8, 4) is 5.75 Å². The van der Waals surface area contributed by atoms with Crippen molar-refractivity contribution >= 4 is 11.7 Å². The number of rotatable bonds is 5. The molecule has 1 aliphatic heterocycles. The van der Waals surface area contributed by atoms with Crippen LogP contribution in [0.5, 0.6) is 5.75 Å². The summed E-state index contributed by atoms with van der Waals surface area (Å²) in [4.78, 5) is 25.3. The Morgan fingerprint density at radius 2 is 1.96 bits per heavy atom. The van der Waals surface area contributed by atoms with Crippen LogP contribution < -0.4 is 10.1 Å². The van der Waals surface area contributed by atoms with Gasteiger partial charge in [-0.25, -0.2) is 0 Å². The smallest absolute Gasteiger partial charge is 0.254 e. The minimum absolute atomic E-state index is 0.0242. The molecule has 6 heteroatoms. The maximum atomic E-state index is 12.9. The Balaban J connectivity index is 1.76. The summed E-state index contributed by atoms with van der Waals surface area (Å²) in [6.07, 6.45) is 1.69. The fourth-order valence-corrected chi connectivity index (χ4v) is 3.45. The SMILES string of the molecule is CNC(=O)c1cc(C(=O)Cc2cccnn2)cc2c1OCC2c1ccccc1. The van der Waals surface area contributed by atoms with Gasteiger partial charge in [0.15, 0.2) is 5.78 Å². The molecule has 28 heavy (non-hydrogen) atoms. The second-order valence-electron chi connectivity index (χ2n) is 6.61. The summed E-state index contributed by atoms with van der Waals surface area (Å²) in [5.41, 5.74) is 3.37. The predicted octanol–water partition coefficient (Wildman–Crippen LogP) is 2.79. The largest absolute Gasteiger partial charge is 0.491 e. The van der Waals surface area contributed by atoms with Gasteiger partial charge in [0.1, 0.15) is 5.75 Å². The lowest BCUT2D eigenvalue weighted by Crippen LogP contribution is -2.19. The number of benzene rings is 2. The minimum atomic E-state index is -0.279. The second kappa shape index (κ2) is 7.60. The Labute approximate surface area is 162 Å². The molecule has 1 atom stereocenters. The molecule has 0 aliphatic carbocycles. The van der Waals surface area contributed by atoms with Crippen LogP contribution in [-0.2, 0) is 6.42 Å². The molecule has 0 saturated carbocycles. The van der Waals surface area contributed by atoms with Gasteiger partial charge in [-0.3, -0.25) is 9.59 Å². The molecular weight excluding hydrogens is 354 g/mol. The highest BCUT2D eigenvalue weighted by atomic mass is 16.5. The molecule has 0 saturated heterocycles. The van der Waals surface area contributed by atoms with Crippen molar-refractivity contribution in [2.75, 3.05) is 13.7 Å². The van der Waals surface area contributed by atoms with E-state index in [1.54, 1.807) is 31.4 Å². The van der Waals surface area contributed by atoms with Gasteiger partial charge in [0.25, 0.3) is 5.91 Å². The summed E-state index contributed by atoms with van der Waals surface area (Å²) in [5, 5.41) is 10.4. The van der Waals surface area contributed by atoms with Crippen LogP contribution in [-0.4, -0.2) is 35.5 Å². The monoisotopic (exact) mass is 373 g/mol. The lowest BCUT2D eigenvalue weighted by molar-refractivity contribution is 0.0960. The third-order valence-electron chi connectivity index (χ3n) is 4.85. The van der Waals surface area contributed by atoms with Crippen LogP contribution >= 0.6 is 0 Å². The average Bonchev–Trinajstić information content (AvgIpc) is 3.18. The van der Waals surface area contributed by atoms with Crippen LogP contribution in [0, 0.1) is 0 Å². The topological polar surface area (TPSA) is 81.2 Å². The zero-order valence-corrected chi connectivity index (χ0v) is 15.4. The van der Waals surface area contributed by atoms with Gasteiger partial charge in [-0.2, -0.15) is 10.2 Å². The molecule has 3 aromatic rings. The van der Waals surface area contributed by atoms with Crippen LogP contribution in [0.4, 0.5) is 0 Å². The highest BCUT2D eigenvalue weighted by Gasteiger charge is 2.31. The number of carbonyl (C=O) groups is 2. The number of nitrogens with one attached hydrogen (secondary N) is 1. The fourth-order valence-electron chi connectivity index (χ4n) is 3.45. The van der Waals surface area contributed by atoms with Crippen molar-refractivity contribution < 1.29 is 14.3 Å². The quantitative estimate of drug-likeness (QED) is 0.696. The van der Waals surface area contributed by atoms with Crippen LogP contribution in [0.2, 0.25) is 0 Å². The number of carbonyl (C=O) groups excluding carboxylic acids is 2. The first-order valence-corrected chi connectivity index (χ1v) is 9.05. The van der Waals surface area contributed by atoms with Crippen LogP contribution in [0.15, 0.2) is 60.8 Å². The van der Waals surface area contributed by atoms with Gasteiger partial charge < -0.3 is 10.1 Å². The van der Waals surface area contributed by atoms with E-state index < -0.39 is 0 Å². The normalized spacial score (nSPS) is 14.8. The van der Waals surface area contributed by atoms with E-state index in [0.29, 0.717) is 29.2 Å². The molecule has 1 aliphatic rings. The molecule has 0 radical (unpaired) electrons. The second-order valence-corrected chi connectivity index (χ2v) is 6.61. The van der Waals surface area contributed by atoms with Crippen LogP contribution in [0.1, 0.15) is 43.5 Å². The summed E-state index contributed by atoms with van der Waals surface area (Å²) in [6.45, 7) is 0.436. The van der Waals surface area contributed by atoms with Gasteiger partial charge in [-0.1, -0.05) is 30.3 Å². The molecule has 2 aromatic carbocycles. The van der Waals surface area contributed by atoms with E-state index in [4.69, 9.17) is 4.74 Å². The third-order valence-corrected chi connectivity index (χ3v) is 4.85. The Morgan fingerprint density at radius 3 is 2.68 bits per heavy atom. The number of aromatic nitrogens is 2. The summed E-state index contributed by atoms with van der Waals surface area (Å²) < 4.78 is 5.88. The molecule has 1 amide bonds. The van der Waals surface area contributed by atoms with Gasteiger partial charge >= 0.3 is 0 Å². The lowest BCUT2D eigenvalue weighted by Gasteiger charge is -2.12. The van der Waals surface area contributed by atoms with E-state index in [9.17, 15) is 9.59 Å². The van der Waals surface area contributed by atoms with E-state index in [-0.39, 0.29) is 24.0 Å². The molecule has 0 bridgehead atoms. The summed E-state index contributed by atoms with van der Waals surface area (Å²) in [5.74, 6) is 0.124. The number of Topliss-reactive ketones (excluding diaryl/α,β-unsaturated/α-hetero) is 1. The highest BCUT2D eigenvalue weighted by molar-refractivity contribution is 6.03. The zero-order valence-electron chi connectivity index (χ0n) is 15.4. The zero-order chi connectivity index (χ0) is 19.5. The summed E-state index contributed by atoms with van der Waals surface area (Å²) >= 11 is 0. The number of hydrogen-bond donors (Lipinski definition) is 1. The predicted molar refractivity (Wildman–Crippen MR) is 104 cm³/mol. The highest BCUT2D eigenvalue weighted by Crippen LogP contribution is 2.41. The average molecular weight is 373 g/mol. The third kappa shape index (κ3) is 3.36. The van der Waals surface area contributed by atoms with Gasteiger partial charge in [0, 0.05) is 30.3 Å². The van der Waals surface area contributed by atoms with Crippen molar-refractivity contribution in [2.45, 2.75) is 12.3 Å². The number of fused-ring (bicyclic) bond motifs is 1. The van der Waals surface area contributed by atoms with Crippen LogP contribution in [0.25, 0.3) is 0 Å². The fraction of sp³-hybridized carbons (Fsp3) is 0.182. The molecule has 140 valence electrons. The van der Waals surface area contributed by atoms with Gasteiger partial charge in [-0.15, -0.1) is 0 Å². The van der Waals surface area contributed by atoms with Crippen molar-refractivity contribution in [2.24, 2.45) is 0 Å². The summed E-state index contributed by atoms with van der Waals surface area (Å²) in [6, 6.07) is 16.9. The molecule has 0 fully saturated rings.